The van der Waals surface area contributed by atoms with E-state index in [1.807, 2.05) is 0 Å². The predicted molar refractivity (Wildman–Crippen MR) is 190 cm³/mol. The van der Waals surface area contributed by atoms with Crippen molar-refractivity contribution >= 4 is 36.6 Å². The minimum Gasteiger partial charge on any atom is -0.463 e. The highest BCUT2D eigenvalue weighted by molar-refractivity contribution is 5.82. The first-order valence-corrected chi connectivity index (χ1v) is 17.2. The molecular formula is C36H62N4O11. The van der Waals surface area contributed by atoms with Crippen LogP contribution >= 0.6 is 0 Å². The molecule has 2 aliphatic heterocycles. The van der Waals surface area contributed by atoms with Gasteiger partial charge < -0.3 is 38.3 Å². The molecule has 0 aliphatic carbocycles. The number of amides is 4. The van der Waals surface area contributed by atoms with Gasteiger partial charge >= 0.3 is 30.3 Å². The number of nitrogens with zero attached hydrogens (tertiary/aromatic N) is 4. The summed E-state index contributed by atoms with van der Waals surface area (Å²) in [5.74, 6) is -0.512. The quantitative estimate of drug-likeness (QED) is 0.149. The molecule has 2 unspecified atom stereocenters. The molecule has 0 spiro atoms. The van der Waals surface area contributed by atoms with E-state index in [1.165, 1.54) is 25.7 Å². The van der Waals surface area contributed by atoms with E-state index in [0.29, 0.717) is 12.8 Å². The zero-order valence-electron chi connectivity index (χ0n) is 33.5. The third-order valence-electron chi connectivity index (χ3n) is 7.09. The maximum atomic E-state index is 12.7. The standard InChI is InChI=1S/C20H34N2O6.C16H28N2O5/c1-9-26-15(23)10-11-20(8)14-21(16(24)27-18(2,3)4)12-13-22(20)17(25)28-19(5,6)7;1-14(2,3)22-12(20)17-8-9-18(16(7,10-17)11-19)13(21)23-15(4,5)6/h10-11H,9,12-14H2,1-8H3;11H,8-10H2,1-7H3/b11-10+;. The molecule has 15 nitrogen and oxygen atoms in total. The Morgan fingerprint density at radius 2 is 0.902 bits per heavy atom. The van der Waals surface area contributed by atoms with Crippen LogP contribution in [-0.2, 0) is 33.3 Å². The Morgan fingerprint density at radius 1 is 0.569 bits per heavy atom. The van der Waals surface area contributed by atoms with E-state index in [9.17, 15) is 28.8 Å². The summed E-state index contributed by atoms with van der Waals surface area (Å²) in [5, 5.41) is 0. The second-order valence-electron chi connectivity index (χ2n) is 17.0. The lowest BCUT2D eigenvalue weighted by Gasteiger charge is -2.47. The Hall–Kier alpha value is -4.04. The van der Waals surface area contributed by atoms with Gasteiger partial charge in [-0.2, -0.15) is 0 Å². The fourth-order valence-electron chi connectivity index (χ4n) is 4.93. The first-order chi connectivity index (χ1) is 22.9. The van der Waals surface area contributed by atoms with Crippen molar-refractivity contribution in [3.63, 3.8) is 0 Å². The van der Waals surface area contributed by atoms with Crippen LogP contribution in [0.3, 0.4) is 0 Å². The number of esters is 1. The Kier molecular flexibility index (Phi) is 15.0. The van der Waals surface area contributed by atoms with Crippen LogP contribution in [0.15, 0.2) is 12.2 Å². The SMILES string of the molecule is CC(C)(C)OC(=O)N1CCN(C(=O)OC(C)(C)C)C(C)(C=O)C1.CCOC(=O)/C=C/C1(C)CN(C(=O)OC(C)(C)C)CCN1C(=O)OC(C)(C)C. The van der Waals surface area contributed by atoms with Gasteiger partial charge in [0.2, 0.25) is 0 Å². The van der Waals surface area contributed by atoms with Gasteiger partial charge in [-0.25, -0.2) is 24.0 Å². The largest absolute Gasteiger partial charge is 0.463 e. The molecule has 0 aromatic heterocycles. The first kappa shape index (κ1) is 45.0. The van der Waals surface area contributed by atoms with E-state index < -0.39 is 63.8 Å². The maximum absolute atomic E-state index is 12.7. The normalized spacial score (nSPS) is 21.6. The minimum absolute atomic E-state index is 0.0741. The summed E-state index contributed by atoms with van der Waals surface area (Å²) >= 11 is 0. The van der Waals surface area contributed by atoms with E-state index in [-0.39, 0.29) is 39.3 Å². The van der Waals surface area contributed by atoms with E-state index in [2.05, 4.69) is 0 Å². The number of hydrogen-bond acceptors (Lipinski definition) is 11. The minimum atomic E-state index is -1.14. The van der Waals surface area contributed by atoms with E-state index >= 15 is 0 Å². The van der Waals surface area contributed by atoms with Crippen molar-refractivity contribution in [1.82, 2.24) is 19.6 Å². The highest BCUT2D eigenvalue weighted by Crippen LogP contribution is 2.28. The van der Waals surface area contributed by atoms with Gasteiger partial charge in [-0.3, -0.25) is 9.80 Å². The molecule has 0 aromatic carbocycles. The molecule has 4 amide bonds. The molecule has 0 saturated carbocycles. The molecule has 0 bridgehead atoms. The Morgan fingerprint density at radius 3 is 1.24 bits per heavy atom. The van der Waals surface area contributed by atoms with E-state index in [4.69, 9.17) is 23.7 Å². The van der Waals surface area contributed by atoms with Crippen LogP contribution < -0.4 is 0 Å². The molecule has 2 rings (SSSR count). The number of hydrogen-bond donors (Lipinski definition) is 0. The van der Waals surface area contributed by atoms with Gasteiger partial charge in [0.05, 0.1) is 25.2 Å². The monoisotopic (exact) mass is 726 g/mol. The second-order valence-corrected chi connectivity index (χ2v) is 17.0. The molecule has 0 radical (unpaired) electrons. The zero-order valence-corrected chi connectivity index (χ0v) is 33.5. The van der Waals surface area contributed by atoms with E-state index in [1.54, 1.807) is 110 Å². The Labute approximate surface area is 303 Å². The molecule has 2 heterocycles. The summed E-state index contributed by atoms with van der Waals surface area (Å²) in [6.45, 7) is 28.0. The van der Waals surface area contributed by atoms with Gasteiger partial charge in [0.1, 0.15) is 34.2 Å². The van der Waals surface area contributed by atoms with Crippen LogP contribution in [0.4, 0.5) is 19.2 Å². The first-order valence-electron chi connectivity index (χ1n) is 17.2. The van der Waals surface area contributed by atoms with Crippen molar-refractivity contribution in [2.75, 3.05) is 45.9 Å². The third-order valence-corrected chi connectivity index (χ3v) is 7.09. The summed E-state index contributed by atoms with van der Waals surface area (Å²) in [7, 11) is 0. The summed E-state index contributed by atoms with van der Waals surface area (Å²) in [4.78, 5) is 78.9. The zero-order chi connectivity index (χ0) is 39.8. The summed E-state index contributed by atoms with van der Waals surface area (Å²) in [5.41, 5.74) is -4.65. The highest BCUT2D eigenvalue weighted by Gasteiger charge is 2.45. The Balaban J connectivity index is 0.000000520. The molecule has 0 aromatic rings. The van der Waals surface area contributed by atoms with Gasteiger partial charge in [0.25, 0.3) is 0 Å². The summed E-state index contributed by atoms with van der Waals surface area (Å²) in [6, 6.07) is 0. The number of carbonyl (C=O) groups excluding carboxylic acids is 6. The average molecular weight is 727 g/mol. The van der Waals surface area contributed by atoms with E-state index in [0.717, 1.165) is 0 Å². The fourth-order valence-corrected chi connectivity index (χ4v) is 4.93. The molecule has 0 N–H and O–H groups in total. The third kappa shape index (κ3) is 15.4. The highest BCUT2D eigenvalue weighted by atomic mass is 16.6. The molecule has 2 aliphatic rings. The van der Waals surface area contributed by atoms with Crippen LogP contribution in [0.25, 0.3) is 0 Å². The van der Waals surface area contributed by atoms with Gasteiger partial charge in [-0.15, -0.1) is 0 Å². The van der Waals surface area contributed by atoms with Gasteiger partial charge in [0, 0.05) is 32.3 Å². The van der Waals surface area contributed by atoms with Crippen LogP contribution in [-0.4, -0.2) is 136 Å². The van der Waals surface area contributed by atoms with Crippen LogP contribution in [0.5, 0.6) is 0 Å². The second kappa shape index (κ2) is 17.0. The lowest BCUT2D eigenvalue weighted by atomic mass is 9.96. The van der Waals surface area contributed by atoms with Gasteiger partial charge in [-0.05, 0) is 104 Å². The lowest BCUT2D eigenvalue weighted by Crippen LogP contribution is -2.65. The fraction of sp³-hybridized carbons (Fsp3) is 0.778. The molecule has 51 heavy (non-hydrogen) atoms. The van der Waals surface area contributed by atoms with Crippen molar-refractivity contribution in [3.05, 3.63) is 12.2 Å². The summed E-state index contributed by atoms with van der Waals surface area (Å²) < 4.78 is 26.6. The van der Waals surface area contributed by atoms with Crippen molar-refractivity contribution in [2.24, 2.45) is 0 Å². The van der Waals surface area contributed by atoms with Crippen LogP contribution in [0.1, 0.15) is 104 Å². The number of carbonyl (C=O) groups is 6. The molecule has 292 valence electrons. The topological polar surface area (TPSA) is 162 Å². The number of ether oxygens (including phenoxy) is 5. The van der Waals surface area contributed by atoms with Crippen molar-refractivity contribution in [1.29, 1.82) is 0 Å². The molecule has 2 atom stereocenters. The van der Waals surface area contributed by atoms with Crippen LogP contribution in [0, 0.1) is 0 Å². The Bertz CT molecular complexity index is 1290. The van der Waals surface area contributed by atoms with Gasteiger partial charge in [-0.1, -0.05) is 6.08 Å². The predicted octanol–water partition coefficient (Wildman–Crippen LogP) is 5.78. The molecule has 2 saturated heterocycles. The smallest absolute Gasteiger partial charge is 0.411 e. The molecule has 15 heteroatoms. The van der Waals surface area contributed by atoms with Crippen molar-refractivity contribution in [3.8, 4) is 0 Å². The summed E-state index contributed by atoms with van der Waals surface area (Å²) in [6.07, 6.45) is 1.50. The lowest BCUT2D eigenvalue weighted by molar-refractivity contribution is -0.137. The number of rotatable bonds is 4. The number of aldehydes is 1. The number of piperazine rings is 2. The van der Waals surface area contributed by atoms with Crippen LogP contribution in [0.2, 0.25) is 0 Å². The maximum Gasteiger partial charge on any atom is 0.411 e. The molecule has 2 fully saturated rings. The van der Waals surface area contributed by atoms with Crippen molar-refractivity contribution < 1.29 is 52.5 Å². The average Bonchev–Trinajstić information content (AvgIpc) is 2.92. The molecular weight excluding hydrogens is 664 g/mol. The van der Waals surface area contributed by atoms with Crippen molar-refractivity contribution in [2.45, 2.75) is 137 Å². The van der Waals surface area contributed by atoms with Gasteiger partial charge in [0.15, 0.2) is 0 Å².